The number of nitrogens with zero attached hydrogens (tertiary/aromatic N) is 2. The summed E-state index contributed by atoms with van der Waals surface area (Å²) in [5.74, 6) is 0. The molecule has 2 aliphatic rings. The second kappa shape index (κ2) is 4.52. The minimum atomic E-state index is -0.117. The molecule has 3 unspecified atom stereocenters. The van der Waals surface area contributed by atoms with Gasteiger partial charge in [-0.05, 0) is 37.1 Å². The third kappa shape index (κ3) is 2.07. The molecule has 3 heteroatoms. The molecule has 0 aromatic heterocycles. The topological polar surface area (TPSA) is 15.4 Å². The largest absolute Gasteiger partial charge is 0.266 e. The third-order valence-electron chi connectivity index (χ3n) is 4.40. The first-order valence-electron chi connectivity index (χ1n) is 7.27. The van der Waals surface area contributed by atoms with Gasteiger partial charge in [-0.2, -0.15) is 0 Å². The molecule has 0 amide bonds. The van der Waals surface area contributed by atoms with Gasteiger partial charge in [0.25, 0.3) is 0 Å². The monoisotopic (exact) mass is 340 g/mol. The number of halogens is 1. The Bertz CT molecular complexity index is 704. The van der Waals surface area contributed by atoms with Crippen LogP contribution < -0.4 is 0 Å². The van der Waals surface area contributed by atoms with Gasteiger partial charge in [0.15, 0.2) is 0 Å². The average Bonchev–Trinajstić information content (AvgIpc) is 3.17. The van der Waals surface area contributed by atoms with Crippen LogP contribution in [0.3, 0.4) is 0 Å². The molecule has 1 fully saturated rings. The fraction of sp³-hybridized carbons (Fsp3) is 0.278. The highest BCUT2D eigenvalue weighted by molar-refractivity contribution is 9.10. The zero-order chi connectivity index (χ0) is 14.6. The molecule has 0 N–H and O–H groups in total. The fourth-order valence-electron chi connectivity index (χ4n) is 3.46. The molecule has 106 valence electrons. The number of hydrogen-bond acceptors (Lipinski definition) is 2. The van der Waals surface area contributed by atoms with E-state index in [0.717, 1.165) is 4.47 Å². The van der Waals surface area contributed by atoms with E-state index in [2.05, 4.69) is 89.3 Å². The number of aliphatic imine (C=N–C) groups is 1. The van der Waals surface area contributed by atoms with Gasteiger partial charge < -0.3 is 0 Å². The minimum Gasteiger partial charge on any atom is -0.266 e. The highest BCUT2D eigenvalue weighted by Crippen LogP contribution is 2.54. The Balaban J connectivity index is 1.72. The lowest BCUT2D eigenvalue weighted by molar-refractivity contribution is 0.281. The molecule has 0 aliphatic carbocycles. The van der Waals surface area contributed by atoms with Crippen molar-refractivity contribution in [3.63, 3.8) is 0 Å². The number of benzene rings is 2. The molecule has 0 radical (unpaired) electrons. The van der Waals surface area contributed by atoms with Gasteiger partial charge in [-0.3, -0.25) is 9.89 Å². The Hall–Kier alpha value is -1.45. The molecule has 1 saturated heterocycles. The first-order chi connectivity index (χ1) is 10.1. The Labute approximate surface area is 133 Å². The summed E-state index contributed by atoms with van der Waals surface area (Å²) in [4.78, 5) is 7.45. The Kier molecular flexibility index (Phi) is 2.85. The van der Waals surface area contributed by atoms with Crippen molar-refractivity contribution in [2.24, 2.45) is 4.99 Å². The maximum Gasteiger partial charge on any atom is 0.109 e. The molecule has 0 saturated carbocycles. The standard InChI is InChI=1S/C18H17BrN2/c1-18(2)20-15(12-8-10-14(19)11-9-12)17-16(21(17)18)13-6-4-3-5-7-13/h3-11,16-17H,1-2H3. The average molecular weight is 341 g/mol. The summed E-state index contributed by atoms with van der Waals surface area (Å²) in [6.45, 7) is 4.41. The van der Waals surface area contributed by atoms with E-state index in [1.54, 1.807) is 0 Å². The number of rotatable bonds is 2. The van der Waals surface area contributed by atoms with Crippen molar-refractivity contribution in [3.8, 4) is 0 Å². The van der Waals surface area contributed by atoms with E-state index in [1.807, 2.05) is 0 Å². The van der Waals surface area contributed by atoms with Crippen molar-refractivity contribution in [2.45, 2.75) is 31.6 Å². The summed E-state index contributed by atoms with van der Waals surface area (Å²) in [6.07, 6.45) is 0. The molecule has 2 nitrogen and oxygen atoms in total. The van der Waals surface area contributed by atoms with Crippen LogP contribution in [0.1, 0.15) is 31.0 Å². The molecule has 0 spiro atoms. The van der Waals surface area contributed by atoms with E-state index in [-0.39, 0.29) is 5.66 Å². The van der Waals surface area contributed by atoms with Gasteiger partial charge in [-0.25, -0.2) is 0 Å². The first kappa shape index (κ1) is 13.2. The normalized spacial score (nSPS) is 28.9. The van der Waals surface area contributed by atoms with E-state index < -0.39 is 0 Å². The van der Waals surface area contributed by atoms with Crippen LogP contribution in [0, 0.1) is 0 Å². The molecule has 3 atom stereocenters. The molecule has 4 rings (SSSR count). The summed E-state index contributed by atoms with van der Waals surface area (Å²) in [6, 6.07) is 20.1. The van der Waals surface area contributed by atoms with E-state index in [9.17, 15) is 0 Å². The summed E-state index contributed by atoms with van der Waals surface area (Å²) < 4.78 is 1.11. The molecular weight excluding hydrogens is 324 g/mol. The van der Waals surface area contributed by atoms with Crippen LogP contribution in [0.5, 0.6) is 0 Å². The fourth-order valence-corrected chi connectivity index (χ4v) is 3.73. The second-order valence-corrected chi connectivity index (χ2v) is 7.12. The summed E-state index contributed by atoms with van der Waals surface area (Å²) in [7, 11) is 0. The lowest BCUT2D eigenvalue weighted by Gasteiger charge is -2.20. The summed E-state index contributed by atoms with van der Waals surface area (Å²) in [5, 5.41) is 0. The second-order valence-electron chi connectivity index (χ2n) is 6.21. The molecule has 2 aromatic rings. The van der Waals surface area contributed by atoms with Gasteiger partial charge in [0.1, 0.15) is 5.66 Å². The lowest BCUT2D eigenvalue weighted by atomic mass is 10.0. The smallest absolute Gasteiger partial charge is 0.109 e. The molecule has 0 bridgehead atoms. The zero-order valence-electron chi connectivity index (χ0n) is 12.1. The molecular formula is C18H17BrN2. The van der Waals surface area contributed by atoms with E-state index in [0.29, 0.717) is 12.1 Å². The Morgan fingerprint density at radius 2 is 1.62 bits per heavy atom. The summed E-state index contributed by atoms with van der Waals surface area (Å²) >= 11 is 3.50. The highest BCUT2D eigenvalue weighted by atomic mass is 79.9. The molecule has 21 heavy (non-hydrogen) atoms. The van der Waals surface area contributed by atoms with Crippen LogP contribution in [0.15, 0.2) is 64.1 Å². The third-order valence-corrected chi connectivity index (χ3v) is 4.92. The predicted octanol–water partition coefficient (Wildman–Crippen LogP) is 4.41. The van der Waals surface area contributed by atoms with Gasteiger partial charge in [0.05, 0.1) is 17.8 Å². The van der Waals surface area contributed by atoms with Gasteiger partial charge in [-0.15, -0.1) is 0 Å². The van der Waals surface area contributed by atoms with Crippen molar-refractivity contribution >= 4 is 21.6 Å². The van der Waals surface area contributed by atoms with Crippen LogP contribution in [-0.4, -0.2) is 22.3 Å². The molecule has 2 aliphatic heterocycles. The van der Waals surface area contributed by atoms with E-state index in [1.165, 1.54) is 16.8 Å². The Morgan fingerprint density at radius 3 is 2.29 bits per heavy atom. The van der Waals surface area contributed by atoms with Crippen LogP contribution in [-0.2, 0) is 0 Å². The van der Waals surface area contributed by atoms with Crippen molar-refractivity contribution < 1.29 is 0 Å². The Morgan fingerprint density at radius 1 is 0.952 bits per heavy atom. The van der Waals surface area contributed by atoms with Crippen LogP contribution in [0.2, 0.25) is 0 Å². The number of hydrogen-bond donors (Lipinski definition) is 0. The van der Waals surface area contributed by atoms with Crippen LogP contribution >= 0.6 is 15.9 Å². The minimum absolute atomic E-state index is 0.117. The molecule has 2 heterocycles. The van der Waals surface area contributed by atoms with Crippen LogP contribution in [0.4, 0.5) is 0 Å². The summed E-state index contributed by atoms with van der Waals surface area (Å²) in [5.41, 5.74) is 3.73. The quantitative estimate of drug-likeness (QED) is 0.739. The van der Waals surface area contributed by atoms with Gasteiger partial charge in [0, 0.05) is 4.47 Å². The maximum absolute atomic E-state index is 4.95. The predicted molar refractivity (Wildman–Crippen MR) is 89.6 cm³/mol. The lowest BCUT2D eigenvalue weighted by Crippen LogP contribution is -2.25. The van der Waals surface area contributed by atoms with Crippen molar-refractivity contribution in [3.05, 3.63) is 70.2 Å². The maximum atomic E-state index is 4.95. The van der Waals surface area contributed by atoms with Crippen molar-refractivity contribution in [1.29, 1.82) is 0 Å². The van der Waals surface area contributed by atoms with Crippen LogP contribution in [0.25, 0.3) is 0 Å². The first-order valence-corrected chi connectivity index (χ1v) is 8.06. The number of fused-ring (bicyclic) bond motifs is 1. The van der Waals surface area contributed by atoms with Crippen molar-refractivity contribution in [1.82, 2.24) is 4.90 Å². The van der Waals surface area contributed by atoms with E-state index >= 15 is 0 Å². The highest BCUT2D eigenvalue weighted by Gasteiger charge is 2.62. The van der Waals surface area contributed by atoms with Gasteiger partial charge >= 0.3 is 0 Å². The van der Waals surface area contributed by atoms with E-state index in [4.69, 9.17) is 4.99 Å². The zero-order valence-corrected chi connectivity index (χ0v) is 13.7. The van der Waals surface area contributed by atoms with Gasteiger partial charge in [-0.1, -0.05) is 58.4 Å². The molecule has 2 aromatic carbocycles. The SMILES string of the molecule is CC1(C)N=C(c2ccc(Br)cc2)C2C(c3ccccc3)N21. The van der Waals surface area contributed by atoms with Gasteiger partial charge in [0.2, 0.25) is 0 Å². The van der Waals surface area contributed by atoms with Crippen molar-refractivity contribution in [2.75, 3.05) is 0 Å².